The summed E-state index contributed by atoms with van der Waals surface area (Å²) in [4.78, 5) is 10.5. The van der Waals surface area contributed by atoms with Gasteiger partial charge in [-0.05, 0) is 6.07 Å². The van der Waals surface area contributed by atoms with Crippen LogP contribution < -0.4 is 5.73 Å². The summed E-state index contributed by atoms with van der Waals surface area (Å²) in [6.45, 7) is 0. The number of rotatable bonds is 3. The van der Waals surface area contributed by atoms with Crippen LogP contribution in [0.5, 0.6) is 0 Å². The molecule has 3 N–H and O–H groups in total. The highest BCUT2D eigenvalue weighted by atomic mass is 32.1. The monoisotopic (exact) mass is 215 g/mol. The third kappa shape index (κ3) is 2.24. The van der Waals surface area contributed by atoms with Crippen LogP contribution in [0.3, 0.4) is 0 Å². The number of halogens is 1. The van der Waals surface area contributed by atoms with Crippen molar-refractivity contribution < 1.29 is 14.3 Å². The number of nitrogens with two attached hydrogens (primary N) is 1. The topological polar surface area (TPSA) is 63.3 Å². The second-order valence-corrected chi connectivity index (χ2v) is 3.39. The molecule has 0 heterocycles. The Balaban J connectivity index is 2.94. The highest BCUT2D eigenvalue weighted by Crippen LogP contribution is 2.25. The number of benzene rings is 1. The number of hydrogen-bond donors (Lipinski definition) is 3. The largest absolute Gasteiger partial charge is 0.480 e. The lowest BCUT2D eigenvalue weighted by Crippen LogP contribution is -2.34. The van der Waals surface area contributed by atoms with E-state index in [1.54, 1.807) is 6.07 Å². The molecule has 0 saturated heterocycles. The van der Waals surface area contributed by atoms with Crippen molar-refractivity contribution in [3.8, 4) is 0 Å². The third-order valence-corrected chi connectivity index (χ3v) is 2.45. The Morgan fingerprint density at radius 2 is 2.07 bits per heavy atom. The summed E-state index contributed by atoms with van der Waals surface area (Å²) in [5, 5.41) is 7.77. The molecule has 0 aliphatic carbocycles. The van der Waals surface area contributed by atoms with Crippen LogP contribution in [0, 0.1) is 5.82 Å². The van der Waals surface area contributed by atoms with Crippen molar-refractivity contribution in [3.05, 3.63) is 35.6 Å². The number of carboxylic acids is 1. The lowest BCUT2D eigenvalue weighted by molar-refractivity contribution is -0.138. The average molecular weight is 215 g/mol. The number of aliphatic carboxylic acids is 1. The predicted molar refractivity (Wildman–Crippen MR) is 53.7 cm³/mol. The quantitative estimate of drug-likeness (QED) is 0.664. The summed E-state index contributed by atoms with van der Waals surface area (Å²) in [6, 6.07) is 4.63. The van der Waals surface area contributed by atoms with E-state index < -0.39 is 23.1 Å². The van der Waals surface area contributed by atoms with Crippen molar-refractivity contribution in [2.75, 3.05) is 0 Å². The minimum absolute atomic E-state index is 0.200. The second-order valence-electron chi connectivity index (χ2n) is 2.83. The lowest BCUT2D eigenvalue weighted by Gasteiger charge is -2.15. The summed E-state index contributed by atoms with van der Waals surface area (Å²) in [6.07, 6.45) is 0. The molecule has 0 amide bonds. The first-order valence-electron chi connectivity index (χ1n) is 3.95. The highest BCUT2D eigenvalue weighted by molar-refractivity contribution is 7.80. The van der Waals surface area contributed by atoms with Crippen LogP contribution in [0.15, 0.2) is 24.3 Å². The minimum Gasteiger partial charge on any atom is -0.480 e. The summed E-state index contributed by atoms with van der Waals surface area (Å²) in [5.74, 6) is -1.70. The summed E-state index contributed by atoms with van der Waals surface area (Å²) >= 11 is 3.98. The number of thiol groups is 1. The van der Waals surface area contributed by atoms with E-state index in [0.717, 1.165) is 0 Å². The van der Waals surface area contributed by atoms with Crippen molar-refractivity contribution in [1.82, 2.24) is 0 Å². The van der Waals surface area contributed by atoms with E-state index in [9.17, 15) is 9.18 Å². The Labute approximate surface area is 86.1 Å². The molecule has 76 valence electrons. The normalized spacial score (nSPS) is 14.8. The van der Waals surface area contributed by atoms with E-state index in [4.69, 9.17) is 10.8 Å². The van der Waals surface area contributed by atoms with E-state index in [1.807, 2.05) is 0 Å². The maximum absolute atomic E-state index is 13.2. The molecule has 1 rings (SSSR count). The average Bonchev–Trinajstić information content (AvgIpc) is 2.16. The fraction of sp³-hybridized carbons (Fsp3) is 0.222. The summed E-state index contributed by atoms with van der Waals surface area (Å²) in [5.41, 5.74) is 5.52. The first-order valence-corrected chi connectivity index (χ1v) is 4.46. The maximum atomic E-state index is 13.2. The van der Waals surface area contributed by atoms with Gasteiger partial charge in [0.1, 0.15) is 11.9 Å². The van der Waals surface area contributed by atoms with Crippen molar-refractivity contribution in [3.63, 3.8) is 0 Å². The van der Waals surface area contributed by atoms with Crippen LogP contribution in [0.2, 0.25) is 0 Å². The Morgan fingerprint density at radius 1 is 1.50 bits per heavy atom. The standard InChI is InChI=1S/C9H10FNO2S/c10-6-4-2-1-3-5(6)8(14)7(11)9(12)13/h1-4,7-8,14H,11H2,(H,12,13). The van der Waals surface area contributed by atoms with Gasteiger partial charge in [-0.25, -0.2) is 4.39 Å². The van der Waals surface area contributed by atoms with Crippen LogP contribution in [0.4, 0.5) is 4.39 Å². The summed E-state index contributed by atoms with van der Waals surface area (Å²) < 4.78 is 13.2. The van der Waals surface area contributed by atoms with E-state index >= 15 is 0 Å². The summed E-state index contributed by atoms with van der Waals surface area (Å²) in [7, 11) is 0. The van der Waals surface area contributed by atoms with Gasteiger partial charge in [-0.15, -0.1) is 0 Å². The fourth-order valence-electron chi connectivity index (χ4n) is 1.04. The zero-order valence-corrected chi connectivity index (χ0v) is 8.12. The van der Waals surface area contributed by atoms with Gasteiger partial charge in [-0.1, -0.05) is 18.2 Å². The van der Waals surface area contributed by atoms with Gasteiger partial charge in [0.2, 0.25) is 0 Å². The minimum atomic E-state index is -1.21. The van der Waals surface area contributed by atoms with E-state index in [1.165, 1.54) is 18.2 Å². The van der Waals surface area contributed by atoms with Gasteiger partial charge in [0, 0.05) is 5.56 Å². The lowest BCUT2D eigenvalue weighted by atomic mass is 10.1. The molecule has 1 aromatic rings. The molecule has 2 unspecified atom stereocenters. The molecule has 5 heteroatoms. The number of carbonyl (C=O) groups is 1. The highest BCUT2D eigenvalue weighted by Gasteiger charge is 2.24. The zero-order valence-electron chi connectivity index (χ0n) is 7.22. The van der Waals surface area contributed by atoms with Gasteiger partial charge in [0.25, 0.3) is 0 Å². The molecule has 3 nitrogen and oxygen atoms in total. The molecular weight excluding hydrogens is 205 g/mol. The van der Waals surface area contributed by atoms with Gasteiger partial charge >= 0.3 is 5.97 Å². The van der Waals surface area contributed by atoms with Crippen LogP contribution in [-0.2, 0) is 4.79 Å². The number of carboxylic acid groups (broad SMARTS) is 1. The Morgan fingerprint density at radius 3 is 2.57 bits per heavy atom. The molecule has 0 aromatic heterocycles. The van der Waals surface area contributed by atoms with Gasteiger partial charge in [0.05, 0.1) is 5.25 Å². The molecular formula is C9H10FNO2S. The SMILES string of the molecule is NC(C(=O)O)C(S)c1ccccc1F. The van der Waals surface area contributed by atoms with Crippen molar-refractivity contribution in [1.29, 1.82) is 0 Å². The second kappa shape index (κ2) is 4.43. The van der Waals surface area contributed by atoms with Crippen LogP contribution in [0.25, 0.3) is 0 Å². The molecule has 14 heavy (non-hydrogen) atoms. The van der Waals surface area contributed by atoms with Crippen molar-refractivity contribution >= 4 is 18.6 Å². The van der Waals surface area contributed by atoms with Gasteiger partial charge in [-0.3, -0.25) is 4.79 Å². The molecule has 0 spiro atoms. The van der Waals surface area contributed by atoms with Crippen molar-refractivity contribution in [2.45, 2.75) is 11.3 Å². The molecule has 0 radical (unpaired) electrons. The van der Waals surface area contributed by atoms with Crippen LogP contribution >= 0.6 is 12.6 Å². The molecule has 0 bridgehead atoms. The van der Waals surface area contributed by atoms with E-state index in [0.29, 0.717) is 0 Å². The van der Waals surface area contributed by atoms with E-state index in [2.05, 4.69) is 12.6 Å². The van der Waals surface area contributed by atoms with Crippen LogP contribution in [-0.4, -0.2) is 17.1 Å². The molecule has 0 saturated carbocycles. The first-order chi connectivity index (χ1) is 6.54. The molecule has 0 fully saturated rings. The Hall–Kier alpha value is -1.07. The predicted octanol–water partition coefficient (Wildman–Crippen LogP) is 1.21. The molecule has 2 atom stereocenters. The van der Waals surface area contributed by atoms with Gasteiger partial charge in [0.15, 0.2) is 0 Å². The molecule has 1 aromatic carbocycles. The van der Waals surface area contributed by atoms with E-state index in [-0.39, 0.29) is 5.56 Å². The van der Waals surface area contributed by atoms with Crippen molar-refractivity contribution in [2.24, 2.45) is 5.73 Å². The Kier molecular flexibility index (Phi) is 3.49. The van der Waals surface area contributed by atoms with Gasteiger partial charge < -0.3 is 10.8 Å². The van der Waals surface area contributed by atoms with Gasteiger partial charge in [-0.2, -0.15) is 12.6 Å². The fourth-order valence-corrected chi connectivity index (χ4v) is 1.38. The van der Waals surface area contributed by atoms with Crippen LogP contribution in [0.1, 0.15) is 10.8 Å². The smallest absolute Gasteiger partial charge is 0.321 e. The zero-order chi connectivity index (χ0) is 10.7. The molecule has 0 aliphatic heterocycles. The number of hydrogen-bond acceptors (Lipinski definition) is 3. The molecule has 0 aliphatic rings. The third-order valence-electron chi connectivity index (χ3n) is 1.85. The Bertz CT molecular complexity index is 345. The first kappa shape index (κ1) is 11.0. The maximum Gasteiger partial charge on any atom is 0.321 e.